The summed E-state index contributed by atoms with van der Waals surface area (Å²) in [5.41, 5.74) is 0.308. The van der Waals surface area contributed by atoms with E-state index in [0.717, 1.165) is 6.07 Å². The molecule has 1 aliphatic heterocycles. The van der Waals surface area contributed by atoms with Crippen LogP contribution in [0.5, 0.6) is 5.75 Å². The fourth-order valence-corrected chi connectivity index (χ4v) is 3.83. The molecule has 2 aromatic heterocycles. The van der Waals surface area contributed by atoms with Crippen LogP contribution >= 0.6 is 0 Å². The lowest BCUT2D eigenvalue weighted by Crippen LogP contribution is -2.30. The maximum Gasteiger partial charge on any atom is 0.296 e. The average Bonchev–Trinajstić information content (AvgIpc) is 3.29. The number of benzene rings is 2. The van der Waals surface area contributed by atoms with Crippen molar-refractivity contribution in [2.45, 2.75) is 13.0 Å². The number of nitrogens with zero attached hydrogens (tertiary/aromatic N) is 2. The number of anilines is 1. The summed E-state index contributed by atoms with van der Waals surface area (Å²) in [6, 6.07) is 11.4. The molecule has 1 amide bonds. The van der Waals surface area contributed by atoms with Gasteiger partial charge in [0.05, 0.1) is 18.1 Å². The highest BCUT2D eigenvalue weighted by Crippen LogP contribution is 2.43. The first-order valence-corrected chi connectivity index (χ1v) is 9.15. The zero-order valence-electron chi connectivity index (χ0n) is 16.0. The Morgan fingerprint density at radius 1 is 1.13 bits per heavy atom. The summed E-state index contributed by atoms with van der Waals surface area (Å²) in [5.74, 6) is -0.0225. The summed E-state index contributed by atoms with van der Waals surface area (Å²) in [6.45, 7) is 1.70. The van der Waals surface area contributed by atoms with Gasteiger partial charge in [0, 0.05) is 11.6 Å². The van der Waals surface area contributed by atoms with E-state index in [0.29, 0.717) is 17.1 Å². The van der Waals surface area contributed by atoms with E-state index in [4.69, 9.17) is 13.7 Å². The highest BCUT2D eigenvalue weighted by Gasteiger charge is 2.45. The van der Waals surface area contributed by atoms with Crippen molar-refractivity contribution < 1.29 is 22.9 Å². The van der Waals surface area contributed by atoms with Gasteiger partial charge in [0.2, 0.25) is 5.76 Å². The number of para-hydroxylation sites is 1. The van der Waals surface area contributed by atoms with Gasteiger partial charge in [-0.2, -0.15) is 0 Å². The lowest BCUT2D eigenvalue weighted by Gasteiger charge is -2.23. The summed E-state index contributed by atoms with van der Waals surface area (Å²) in [5, 5.41) is 4.02. The van der Waals surface area contributed by atoms with Gasteiger partial charge in [-0.25, -0.2) is 4.39 Å². The number of ether oxygens (including phenoxy) is 1. The van der Waals surface area contributed by atoms with E-state index in [1.54, 1.807) is 37.3 Å². The Morgan fingerprint density at radius 3 is 2.67 bits per heavy atom. The molecule has 0 bridgehead atoms. The predicted octanol–water partition coefficient (Wildman–Crippen LogP) is 3.99. The summed E-state index contributed by atoms with van der Waals surface area (Å²) in [7, 11) is 1.50. The molecule has 0 saturated heterocycles. The molecule has 8 heteroatoms. The van der Waals surface area contributed by atoms with Crippen molar-refractivity contribution in [2.24, 2.45) is 0 Å². The van der Waals surface area contributed by atoms with Crippen molar-refractivity contribution in [3.8, 4) is 5.75 Å². The van der Waals surface area contributed by atoms with Crippen molar-refractivity contribution >= 4 is 22.7 Å². The van der Waals surface area contributed by atoms with Gasteiger partial charge in [-0.05, 0) is 31.2 Å². The highest BCUT2D eigenvalue weighted by molar-refractivity contribution is 6.10. The number of aryl methyl sites for hydroxylation is 1. The van der Waals surface area contributed by atoms with Gasteiger partial charge in [0.15, 0.2) is 11.2 Å². The van der Waals surface area contributed by atoms with Gasteiger partial charge in [-0.3, -0.25) is 14.5 Å². The third-order valence-electron chi connectivity index (χ3n) is 5.13. The van der Waals surface area contributed by atoms with Gasteiger partial charge >= 0.3 is 0 Å². The SMILES string of the molecule is COc1ccccc1[C@@H]1c2c(oc3ccc(F)cc3c2=O)C(=O)N1c1cc(C)on1. The first-order chi connectivity index (χ1) is 14.5. The monoisotopic (exact) mass is 406 g/mol. The second kappa shape index (κ2) is 6.55. The molecular formula is C22H15FN2O5. The maximum absolute atomic E-state index is 13.8. The number of carbonyl (C=O) groups excluding carboxylic acids is 1. The Morgan fingerprint density at radius 2 is 1.93 bits per heavy atom. The van der Waals surface area contributed by atoms with E-state index in [-0.39, 0.29) is 28.1 Å². The summed E-state index contributed by atoms with van der Waals surface area (Å²) < 4.78 is 30.2. The third-order valence-corrected chi connectivity index (χ3v) is 5.13. The molecular weight excluding hydrogens is 391 g/mol. The second-order valence-electron chi connectivity index (χ2n) is 6.93. The molecule has 1 aliphatic rings. The van der Waals surface area contributed by atoms with E-state index >= 15 is 0 Å². The van der Waals surface area contributed by atoms with Crippen LogP contribution < -0.4 is 15.1 Å². The van der Waals surface area contributed by atoms with Crippen molar-refractivity contribution in [2.75, 3.05) is 12.0 Å². The van der Waals surface area contributed by atoms with Crippen LogP contribution in [0.25, 0.3) is 11.0 Å². The number of fused-ring (bicyclic) bond motifs is 2. The molecule has 5 rings (SSSR count). The van der Waals surface area contributed by atoms with Crippen LogP contribution in [-0.2, 0) is 0 Å². The van der Waals surface area contributed by atoms with Crippen LogP contribution in [0.4, 0.5) is 10.2 Å². The summed E-state index contributed by atoms with van der Waals surface area (Å²) >= 11 is 0. The van der Waals surface area contributed by atoms with Crippen LogP contribution in [0.2, 0.25) is 0 Å². The van der Waals surface area contributed by atoms with Gasteiger partial charge in [0.1, 0.15) is 29.0 Å². The molecule has 2 aromatic carbocycles. The Hall–Kier alpha value is -3.94. The first-order valence-electron chi connectivity index (χ1n) is 9.15. The van der Waals surface area contributed by atoms with Gasteiger partial charge in [-0.1, -0.05) is 23.4 Å². The molecule has 0 saturated carbocycles. The van der Waals surface area contributed by atoms with Gasteiger partial charge in [-0.15, -0.1) is 0 Å². The minimum Gasteiger partial charge on any atom is -0.496 e. The Bertz CT molecular complexity index is 1370. The van der Waals surface area contributed by atoms with Crippen LogP contribution in [0.1, 0.15) is 33.5 Å². The average molecular weight is 406 g/mol. The number of hydrogen-bond acceptors (Lipinski definition) is 6. The molecule has 4 aromatic rings. The van der Waals surface area contributed by atoms with E-state index < -0.39 is 23.2 Å². The summed E-state index contributed by atoms with van der Waals surface area (Å²) in [4.78, 5) is 28.1. The third kappa shape index (κ3) is 2.53. The molecule has 0 unspecified atom stereocenters. The fraction of sp³-hybridized carbons (Fsp3) is 0.136. The van der Waals surface area contributed by atoms with E-state index in [1.807, 2.05) is 0 Å². The Labute approximate surface area is 169 Å². The molecule has 0 radical (unpaired) electrons. The second-order valence-corrected chi connectivity index (χ2v) is 6.93. The Balaban J connectivity index is 1.86. The first kappa shape index (κ1) is 18.1. The molecule has 3 heterocycles. The van der Waals surface area contributed by atoms with Gasteiger partial charge < -0.3 is 13.7 Å². The normalized spacial score (nSPS) is 15.6. The van der Waals surface area contributed by atoms with Crippen molar-refractivity contribution in [3.63, 3.8) is 0 Å². The molecule has 150 valence electrons. The van der Waals surface area contributed by atoms with Crippen LogP contribution in [0.3, 0.4) is 0 Å². The molecule has 1 atom stereocenters. The standard InChI is InChI=1S/C22H15FN2O5/c1-11-9-17(24-30-11)25-19(13-5-3-4-6-15(13)28-2)18-20(26)14-10-12(23)7-8-16(14)29-21(18)22(25)27/h3-10,19H,1-2H3/t19-/m1/s1. The zero-order chi connectivity index (χ0) is 21.0. The largest absolute Gasteiger partial charge is 0.496 e. The van der Waals surface area contributed by atoms with Crippen molar-refractivity contribution in [1.29, 1.82) is 0 Å². The van der Waals surface area contributed by atoms with Crippen molar-refractivity contribution in [1.82, 2.24) is 5.16 Å². The minimum atomic E-state index is -0.878. The van der Waals surface area contributed by atoms with Crippen LogP contribution in [0, 0.1) is 12.7 Å². The topological polar surface area (TPSA) is 85.8 Å². The summed E-state index contributed by atoms with van der Waals surface area (Å²) in [6.07, 6.45) is 0. The fourth-order valence-electron chi connectivity index (χ4n) is 3.83. The number of amides is 1. The van der Waals surface area contributed by atoms with Crippen molar-refractivity contribution in [3.05, 3.63) is 87.2 Å². The highest BCUT2D eigenvalue weighted by atomic mass is 19.1. The molecule has 0 aliphatic carbocycles. The number of halogens is 1. The van der Waals surface area contributed by atoms with Crippen LogP contribution in [0.15, 0.2) is 62.3 Å². The number of carbonyl (C=O) groups is 1. The van der Waals surface area contributed by atoms with Gasteiger partial charge in [0.25, 0.3) is 5.91 Å². The van der Waals surface area contributed by atoms with E-state index in [9.17, 15) is 14.0 Å². The number of aromatic nitrogens is 1. The predicted molar refractivity (Wildman–Crippen MR) is 105 cm³/mol. The molecule has 0 fully saturated rings. The lowest BCUT2D eigenvalue weighted by molar-refractivity contribution is 0.0969. The van der Waals surface area contributed by atoms with E-state index in [2.05, 4.69) is 5.16 Å². The quantitative estimate of drug-likeness (QED) is 0.511. The zero-order valence-corrected chi connectivity index (χ0v) is 16.0. The lowest BCUT2D eigenvalue weighted by atomic mass is 9.97. The van der Waals surface area contributed by atoms with Crippen LogP contribution in [-0.4, -0.2) is 18.2 Å². The minimum absolute atomic E-state index is 0.0552. The Kier molecular flexibility index (Phi) is 3.95. The van der Waals surface area contributed by atoms with E-state index in [1.165, 1.54) is 24.1 Å². The smallest absolute Gasteiger partial charge is 0.296 e. The molecule has 30 heavy (non-hydrogen) atoms. The molecule has 0 spiro atoms. The number of hydrogen-bond donors (Lipinski definition) is 0. The number of methoxy groups -OCH3 is 1. The maximum atomic E-state index is 13.8. The number of rotatable bonds is 3. The molecule has 7 nitrogen and oxygen atoms in total. The molecule has 0 N–H and O–H groups in total.